The number of esters is 1. The third kappa shape index (κ3) is 7.07. The number of hydrogen-bond acceptors (Lipinski definition) is 5. The minimum absolute atomic E-state index is 0.169. The lowest BCUT2D eigenvalue weighted by molar-refractivity contribution is -0.141. The maximum atomic E-state index is 12.2. The first-order valence-electron chi connectivity index (χ1n) is 7.73. The van der Waals surface area contributed by atoms with Crippen molar-refractivity contribution >= 4 is 29.6 Å². The van der Waals surface area contributed by atoms with Gasteiger partial charge in [-0.1, -0.05) is 11.6 Å². The molecule has 1 heterocycles. The van der Waals surface area contributed by atoms with Crippen LogP contribution in [0.3, 0.4) is 0 Å². The quantitative estimate of drug-likeness (QED) is 0.451. The Kier molecular flexibility index (Phi) is 7.61. The molecule has 1 rings (SSSR count). The van der Waals surface area contributed by atoms with Gasteiger partial charge in [0.1, 0.15) is 11.6 Å². The van der Waals surface area contributed by atoms with Crippen LogP contribution in [0.15, 0.2) is 0 Å². The van der Waals surface area contributed by atoms with Crippen molar-refractivity contribution in [3.63, 3.8) is 0 Å². The van der Waals surface area contributed by atoms with Gasteiger partial charge in [-0.25, -0.2) is 4.79 Å². The number of carbonyl (C=O) groups excluding carboxylic acids is 3. The Morgan fingerprint density at radius 1 is 1.30 bits per heavy atom. The molecule has 0 aromatic rings. The fourth-order valence-electron chi connectivity index (χ4n) is 2.27. The van der Waals surface area contributed by atoms with E-state index in [2.05, 4.69) is 10.1 Å². The second kappa shape index (κ2) is 8.96. The molecule has 0 saturated carbocycles. The van der Waals surface area contributed by atoms with Crippen LogP contribution < -0.4 is 5.32 Å². The summed E-state index contributed by atoms with van der Waals surface area (Å²) in [6.07, 6.45) is 1.55. The standard InChI is InChI=1S/C15H25ClN2O5/c1-15(2,3)23-14(21)18-9-5-6-11(18)13(20)17-8-4-7-12(19)22-10-16/h11H,4-10H2,1-3H3,(H,17,20)/t11-/m0/s1. The Hall–Kier alpha value is -1.50. The zero-order valence-electron chi connectivity index (χ0n) is 13.9. The molecule has 0 bridgehead atoms. The number of ether oxygens (including phenoxy) is 2. The molecule has 1 atom stereocenters. The predicted octanol–water partition coefficient (Wildman–Crippen LogP) is 2.02. The van der Waals surface area contributed by atoms with Crippen LogP contribution >= 0.6 is 11.6 Å². The number of hydrogen-bond donors (Lipinski definition) is 1. The van der Waals surface area contributed by atoms with E-state index in [4.69, 9.17) is 16.3 Å². The zero-order chi connectivity index (χ0) is 17.5. The van der Waals surface area contributed by atoms with E-state index in [-0.39, 0.29) is 18.4 Å². The van der Waals surface area contributed by atoms with E-state index in [0.717, 1.165) is 6.42 Å². The first-order valence-corrected chi connectivity index (χ1v) is 8.27. The average Bonchev–Trinajstić information content (AvgIpc) is 2.91. The average molecular weight is 349 g/mol. The third-order valence-corrected chi connectivity index (χ3v) is 3.37. The second-order valence-electron chi connectivity index (χ2n) is 6.35. The predicted molar refractivity (Wildman–Crippen MR) is 85.0 cm³/mol. The van der Waals surface area contributed by atoms with Gasteiger partial charge in [0.25, 0.3) is 0 Å². The molecule has 0 aromatic heterocycles. The third-order valence-electron chi connectivity index (χ3n) is 3.26. The summed E-state index contributed by atoms with van der Waals surface area (Å²) < 4.78 is 9.91. The number of likely N-dealkylation sites (tertiary alicyclic amines) is 1. The summed E-state index contributed by atoms with van der Waals surface area (Å²) in [5.41, 5.74) is -0.594. The highest BCUT2D eigenvalue weighted by atomic mass is 35.5. The van der Waals surface area contributed by atoms with Crippen molar-refractivity contribution in [2.45, 2.75) is 58.1 Å². The number of nitrogens with zero attached hydrogens (tertiary/aromatic N) is 1. The Morgan fingerprint density at radius 2 is 2.00 bits per heavy atom. The van der Waals surface area contributed by atoms with Crippen LogP contribution in [0.2, 0.25) is 0 Å². The van der Waals surface area contributed by atoms with Gasteiger partial charge in [-0.05, 0) is 40.0 Å². The van der Waals surface area contributed by atoms with E-state index >= 15 is 0 Å². The van der Waals surface area contributed by atoms with E-state index in [1.807, 2.05) is 0 Å². The minimum Gasteiger partial charge on any atom is -0.449 e. The fourth-order valence-corrected chi connectivity index (χ4v) is 2.40. The van der Waals surface area contributed by atoms with Crippen LogP contribution in [0.1, 0.15) is 46.5 Å². The summed E-state index contributed by atoms with van der Waals surface area (Å²) in [4.78, 5) is 36.9. The molecule has 1 aliphatic rings. The molecule has 0 unspecified atom stereocenters. The Balaban J connectivity index is 2.39. The monoisotopic (exact) mass is 348 g/mol. The molecule has 0 radical (unpaired) electrons. The molecule has 1 fully saturated rings. The molecular weight excluding hydrogens is 324 g/mol. The van der Waals surface area contributed by atoms with Gasteiger partial charge >= 0.3 is 12.1 Å². The summed E-state index contributed by atoms with van der Waals surface area (Å²) in [6, 6.07) is -0.683. The smallest absolute Gasteiger partial charge is 0.410 e. The highest BCUT2D eigenvalue weighted by molar-refractivity contribution is 6.17. The molecule has 23 heavy (non-hydrogen) atoms. The number of halogens is 1. The molecule has 0 spiro atoms. The van der Waals surface area contributed by atoms with Gasteiger partial charge in [0, 0.05) is 19.5 Å². The second-order valence-corrected chi connectivity index (χ2v) is 6.57. The van der Waals surface area contributed by atoms with Gasteiger partial charge < -0.3 is 14.8 Å². The van der Waals surface area contributed by atoms with Gasteiger partial charge in [-0.3, -0.25) is 14.5 Å². The number of amides is 2. The van der Waals surface area contributed by atoms with Crippen LogP contribution in [0, 0.1) is 0 Å². The minimum atomic E-state index is -0.594. The number of nitrogens with one attached hydrogen (secondary N) is 1. The number of carbonyl (C=O) groups is 3. The van der Waals surface area contributed by atoms with E-state index in [0.29, 0.717) is 25.9 Å². The SMILES string of the molecule is CC(C)(C)OC(=O)N1CCC[C@H]1C(=O)NCCCC(=O)OCCl. The van der Waals surface area contributed by atoms with Crippen LogP contribution in [-0.2, 0) is 19.1 Å². The molecule has 1 saturated heterocycles. The van der Waals surface area contributed by atoms with Crippen molar-refractivity contribution in [3.05, 3.63) is 0 Å². The van der Waals surface area contributed by atoms with Gasteiger partial charge in [-0.15, -0.1) is 0 Å². The molecule has 1 N–H and O–H groups in total. The lowest BCUT2D eigenvalue weighted by Crippen LogP contribution is -2.47. The Morgan fingerprint density at radius 3 is 2.61 bits per heavy atom. The van der Waals surface area contributed by atoms with Gasteiger partial charge in [0.05, 0.1) is 0 Å². The molecule has 7 nitrogen and oxygen atoms in total. The van der Waals surface area contributed by atoms with Crippen LogP contribution in [0.25, 0.3) is 0 Å². The van der Waals surface area contributed by atoms with Crippen molar-refractivity contribution in [1.29, 1.82) is 0 Å². The maximum Gasteiger partial charge on any atom is 0.410 e. The van der Waals surface area contributed by atoms with Crippen LogP contribution in [0.5, 0.6) is 0 Å². The highest BCUT2D eigenvalue weighted by Gasteiger charge is 2.36. The summed E-state index contributed by atoms with van der Waals surface area (Å²) in [6.45, 7) is 6.21. The van der Waals surface area contributed by atoms with Gasteiger partial charge in [0.2, 0.25) is 5.91 Å². The first-order chi connectivity index (χ1) is 10.7. The van der Waals surface area contributed by atoms with Crippen molar-refractivity contribution in [1.82, 2.24) is 10.2 Å². The molecular formula is C15H25ClN2O5. The van der Waals surface area contributed by atoms with Crippen molar-refractivity contribution < 1.29 is 23.9 Å². The summed E-state index contributed by atoms with van der Waals surface area (Å²) in [7, 11) is 0. The molecule has 1 aliphatic heterocycles. The summed E-state index contributed by atoms with van der Waals surface area (Å²) in [5.74, 6) is -0.621. The van der Waals surface area contributed by atoms with Gasteiger partial charge in [0.15, 0.2) is 6.07 Å². The first kappa shape index (κ1) is 19.5. The topological polar surface area (TPSA) is 84.9 Å². The number of alkyl halides is 1. The molecule has 0 aromatic carbocycles. The van der Waals surface area contributed by atoms with E-state index < -0.39 is 23.7 Å². The van der Waals surface area contributed by atoms with E-state index in [9.17, 15) is 14.4 Å². The molecule has 8 heteroatoms. The van der Waals surface area contributed by atoms with Crippen molar-refractivity contribution in [2.75, 3.05) is 19.2 Å². The summed E-state index contributed by atoms with van der Waals surface area (Å²) >= 11 is 5.28. The number of rotatable bonds is 6. The Labute approximate surface area is 141 Å². The van der Waals surface area contributed by atoms with E-state index in [1.165, 1.54) is 4.90 Å². The zero-order valence-corrected chi connectivity index (χ0v) is 14.6. The van der Waals surface area contributed by atoms with E-state index in [1.54, 1.807) is 20.8 Å². The Bertz CT molecular complexity index is 436. The highest BCUT2D eigenvalue weighted by Crippen LogP contribution is 2.20. The lowest BCUT2D eigenvalue weighted by Gasteiger charge is -2.28. The fraction of sp³-hybridized carbons (Fsp3) is 0.800. The van der Waals surface area contributed by atoms with Crippen molar-refractivity contribution in [2.24, 2.45) is 0 Å². The molecule has 132 valence electrons. The van der Waals surface area contributed by atoms with Crippen LogP contribution in [-0.4, -0.2) is 53.7 Å². The lowest BCUT2D eigenvalue weighted by atomic mass is 10.2. The molecule has 2 amide bonds. The van der Waals surface area contributed by atoms with Crippen LogP contribution in [0.4, 0.5) is 4.79 Å². The summed E-state index contributed by atoms with van der Waals surface area (Å²) in [5, 5.41) is 2.74. The normalized spacial score (nSPS) is 17.7. The van der Waals surface area contributed by atoms with Crippen molar-refractivity contribution in [3.8, 4) is 0 Å². The largest absolute Gasteiger partial charge is 0.449 e. The van der Waals surface area contributed by atoms with Gasteiger partial charge in [-0.2, -0.15) is 0 Å². The molecule has 0 aliphatic carbocycles. The maximum absolute atomic E-state index is 12.2.